The topological polar surface area (TPSA) is 237 Å². The van der Waals surface area contributed by atoms with E-state index in [0.29, 0.717) is 0 Å². The molecule has 208 valence electrons. The number of imidazole rings is 1. The fraction of sp³-hybridized carbons (Fsp3) is 0.667. The highest BCUT2D eigenvalue weighted by Crippen LogP contribution is 2.61. The summed E-state index contributed by atoms with van der Waals surface area (Å²) in [6.45, 7) is 6.67. The molecule has 2 aromatic rings. The van der Waals surface area contributed by atoms with Crippen molar-refractivity contribution < 1.29 is 51.3 Å². The number of carbonyl (C=O) groups excluding carboxylic acids is 1. The van der Waals surface area contributed by atoms with Crippen LogP contribution in [0.2, 0.25) is 0 Å². The number of nitrogen functional groups attached to an aromatic ring is 1. The standard InChI is InChI=1S/C18H29N5O12P2/c1-8(2)31-13-11(6-30-36(26,27)35-37(28,29)34-9(3)4)33-17(14(13)32-10(5)24)23-7-20-12-15(23)21-18(19)22-16(12)25/h7-9,11,13-14,17H,6H2,1-5H3,(H,26,27)(H,28,29)(H3,19,21,22,25)/t11-,13?,14+,17-/m1/s1. The lowest BCUT2D eigenvalue weighted by atomic mass is 10.1. The smallest absolute Gasteiger partial charge is 0.455 e. The highest BCUT2D eigenvalue weighted by molar-refractivity contribution is 7.61. The van der Waals surface area contributed by atoms with Crippen LogP contribution in [-0.4, -0.2) is 72.4 Å². The Balaban J connectivity index is 1.92. The van der Waals surface area contributed by atoms with Crippen LogP contribution in [0, 0.1) is 0 Å². The van der Waals surface area contributed by atoms with Crippen LogP contribution in [0.15, 0.2) is 11.1 Å². The van der Waals surface area contributed by atoms with Crippen molar-refractivity contribution in [2.24, 2.45) is 0 Å². The predicted molar refractivity (Wildman–Crippen MR) is 125 cm³/mol. The average Bonchev–Trinajstić information content (AvgIpc) is 3.26. The second-order valence-corrected chi connectivity index (χ2v) is 11.5. The molecule has 0 bridgehead atoms. The lowest BCUT2D eigenvalue weighted by molar-refractivity contribution is -0.159. The Bertz CT molecular complexity index is 1280. The predicted octanol–water partition coefficient (Wildman–Crippen LogP) is 0.983. The molecule has 1 aliphatic rings. The number of hydrogen-bond donors (Lipinski definition) is 4. The van der Waals surface area contributed by atoms with Crippen molar-refractivity contribution in [2.45, 2.75) is 71.4 Å². The number of aromatic nitrogens is 4. The van der Waals surface area contributed by atoms with E-state index in [-0.39, 0.29) is 17.1 Å². The first-order valence-corrected chi connectivity index (χ1v) is 14.0. The van der Waals surface area contributed by atoms with Gasteiger partial charge in [-0.1, -0.05) is 0 Å². The maximum absolute atomic E-state index is 12.4. The summed E-state index contributed by atoms with van der Waals surface area (Å²) in [5.41, 5.74) is 4.98. The van der Waals surface area contributed by atoms with Gasteiger partial charge in [-0.15, -0.1) is 0 Å². The first-order chi connectivity index (χ1) is 17.1. The first-order valence-electron chi connectivity index (χ1n) is 11.0. The van der Waals surface area contributed by atoms with Gasteiger partial charge in [-0.2, -0.15) is 9.29 Å². The number of esters is 1. The van der Waals surface area contributed by atoms with Gasteiger partial charge >= 0.3 is 21.6 Å². The number of phosphoric ester groups is 2. The van der Waals surface area contributed by atoms with E-state index in [9.17, 15) is 28.5 Å². The van der Waals surface area contributed by atoms with E-state index < -0.39 is 70.5 Å². The van der Waals surface area contributed by atoms with Crippen molar-refractivity contribution in [3.63, 3.8) is 0 Å². The Morgan fingerprint density at radius 2 is 1.89 bits per heavy atom. The van der Waals surface area contributed by atoms with Gasteiger partial charge in [0.15, 0.2) is 23.5 Å². The van der Waals surface area contributed by atoms with Gasteiger partial charge in [0, 0.05) is 6.92 Å². The summed E-state index contributed by atoms with van der Waals surface area (Å²) in [6.07, 6.45) is -4.61. The van der Waals surface area contributed by atoms with Crippen molar-refractivity contribution >= 4 is 38.7 Å². The molecule has 3 heterocycles. The van der Waals surface area contributed by atoms with Gasteiger partial charge in [0.1, 0.15) is 12.2 Å². The summed E-state index contributed by atoms with van der Waals surface area (Å²) >= 11 is 0. The summed E-state index contributed by atoms with van der Waals surface area (Å²) in [5.74, 6) is -0.901. The average molecular weight is 569 g/mol. The maximum atomic E-state index is 12.4. The molecule has 0 amide bonds. The van der Waals surface area contributed by atoms with Crippen molar-refractivity contribution in [3.8, 4) is 0 Å². The van der Waals surface area contributed by atoms with E-state index in [4.69, 9.17) is 24.5 Å². The fourth-order valence-electron chi connectivity index (χ4n) is 3.60. The van der Waals surface area contributed by atoms with Gasteiger partial charge in [-0.25, -0.2) is 14.1 Å². The van der Waals surface area contributed by atoms with Crippen molar-refractivity contribution in [3.05, 3.63) is 16.7 Å². The fourth-order valence-corrected chi connectivity index (χ4v) is 5.85. The third kappa shape index (κ3) is 7.44. The number of ether oxygens (including phenoxy) is 3. The molecule has 17 nitrogen and oxygen atoms in total. The third-order valence-corrected chi connectivity index (χ3v) is 7.51. The van der Waals surface area contributed by atoms with Crippen molar-refractivity contribution in [2.75, 3.05) is 12.3 Å². The van der Waals surface area contributed by atoms with Crippen molar-refractivity contribution in [1.29, 1.82) is 0 Å². The minimum atomic E-state index is -5.14. The van der Waals surface area contributed by atoms with Gasteiger partial charge < -0.3 is 29.7 Å². The largest absolute Gasteiger partial charge is 0.481 e. The number of anilines is 1. The molecule has 6 atom stereocenters. The quantitative estimate of drug-likeness (QED) is 0.218. The highest BCUT2D eigenvalue weighted by Gasteiger charge is 2.51. The van der Waals surface area contributed by atoms with Gasteiger partial charge in [0.05, 0.1) is 25.1 Å². The molecule has 0 saturated carbocycles. The number of nitrogens with two attached hydrogens (primary N) is 1. The number of nitrogens with one attached hydrogen (secondary N) is 1. The molecule has 1 saturated heterocycles. The molecule has 0 spiro atoms. The second kappa shape index (κ2) is 11.3. The van der Waals surface area contributed by atoms with Crippen LogP contribution in [0.5, 0.6) is 0 Å². The number of H-pyrrole nitrogens is 1. The summed E-state index contributed by atoms with van der Waals surface area (Å²) in [6, 6.07) is 0. The van der Waals surface area contributed by atoms with Crippen LogP contribution in [-0.2, 0) is 41.5 Å². The molecule has 0 radical (unpaired) electrons. The molecule has 19 heteroatoms. The molecule has 1 aliphatic heterocycles. The summed E-state index contributed by atoms with van der Waals surface area (Å²) in [5, 5.41) is 0. The Morgan fingerprint density at radius 3 is 2.49 bits per heavy atom. The zero-order valence-corrected chi connectivity index (χ0v) is 22.3. The van der Waals surface area contributed by atoms with Crippen molar-refractivity contribution in [1.82, 2.24) is 19.5 Å². The van der Waals surface area contributed by atoms with E-state index in [0.717, 1.165) is 6.92 Å². The number of phosphoric acid groups is 2. The Hall–Kier alpha value is -2.20. The molecule has 2 aromatic heterocycles. The summed E-state index contributed by atoms with van der Waals surface area (Å²) < 4.78 is 56.7. The summed E-state index contributed by atoms with van der Waals surface area (Å²) in [4.78, 5) is 54.2. The number of fused-ring (bicyclic) bond motifs is 1. The van der Waals surface area contributed by atoms with Gasteiger partial charge in [0.2, 0.25) is 5.95 Å². The molecule has 1 fully saturated rings. The van der Waals surface area contributed by atoms with Crippen LogP contribution in [0.1, 0.15) is 40.8 Å². The van der Waals surface area contributed by atoms with Crippen LogP contribution in [0.3, 0.4) is 0 Å². The number of carbonyl (C=O) groups is 1. The minimum absolute atomic E-state index is 0.0106. The number of nitrogens with zero attached hydrogens (tertiary/aromatic N) is 3. The van der Waals surface area contributed by atoms with E-state index in [1.807, 2.05) is 0 Å². The summed E-state index contributed by atoms with van der Waals surface area (Å²) in [7, 11) is -10.1. The molecule has 37 heavy (non-hydrogen) atoms. The lowest BCUT2D eigenvalue weighted by Gasteiger charge is -2.26. The minimum Gasteiger partial charge on any atom is -0.455 e. The van der Waals surface area contributed by atoms with Crippen LogP contribution in [0.4, 0.5) is 5.95 Å². The zero-order chi connectivity index (χ0) is 27.7. The van der Waals surface area contributed by atoms with E-state index in [2.05, 4.69) is 23.8 Å². The number of rotatable bonds is 11. The molecular weight excluding hydrogens is 540 g/mol. The van der Waals surface area contributed by atoms with E-state index in [1.54, 1.807) is 13.8 Å². The van der Waals surface area contributed by atoms with Crippen LogP contribution < -0.4 is 11.3 Å². The van der Waals surface area contributed by atoms with Gasteiger partial charge in [0.25, 0.3) is 5.56 Å². The highest BCUT2D eigenvalue weighted by atomic mass is 31.3. The maximum Gasteiger partial charge on any atom is 0.481 e. The molecule has 0 aliphatic carbocycles. The number of aromatic amines is 1. The van der Waals surface area contributed by atoms with Gasteiger partial charge in [-0.3, -0.25) is 28.2 Å². The SMILES string of the molecule is CC(=O)O[C@H]1C(OC(C)C)[C@@H](COP(=O)(O)OP(=O)(O)OC(C)C)O[C@H]1n1cnc2c(=O)[nH]c(N)nc21. The normalized spacial score (nSPS) is 25.4. The first kappa shape index (κ1) is 29.4. The molecule has 3 rings (SSSR count). The second-order valence-electron chi connectivity index (χ2n) is 8.53. The Morgan fingerprint density at radius 1 is 1.22 bits per heavy atom. The van der Waals surface area contributed by atoms with Crippen LogP contribution in [0.25, 0.3) is 11.2 Å². The Kier molecular flexibility index (Phi) is 8.94. The van der Waals surface area contributed by atoms with Gasteiger partial charge in [-0.05, 0) is 27.7 Å². The molecule has 0 aromatic carbocycles. The van der Waals surface area contributed by atoms with E-state index >= 15 is 0 Å². The van der Waals surface area contributed by atoms with E-state index in [1.165, 1.54) is 24.7 Å². The lowest BCUT2D eigenvalue weighted by Crippen LogP contribution is -2.40. The monoisotopic (exact) mass is 569 g/mol. The molecular formula is C18H29N5O12P2. The molecule has 3 unspecified atom stereocenters. The molecule has 5 N–H and O–H groups in total. The Labute approximate surface area is 210 Å². The number of hydrogen-bond acceptors (Lipinski definition) is 13. The third-order valence-electron chi connectivity index (χ3n) is 4.69. The van der Waals surface area contributed by atoms with Crippen LogP contribution >= 0.6 is 15.6 Å². The zero-order valence-electron chi connectivity index (χ0n) is 20.5.